The number of aromatic nitrogens is 2. The third-order valence-electron chi connectivity index (χ3n) is 13.7. The molecule has 2 saturated heterocycles. The number of carbonyl (C=O) groups excluding carboxylic acids is 1. The lowest BCUT2D eigenvalue weighted by Crippen LogP contribution is -2.47. The summed E-state index contributed by atoms with van der Waals surface area (Å²) in [5, 5.41) is 4.15. The van der Waals surface area contributed by atoms with Gasteiger partial charge in [-0.15, -0.1) is 0 Å². The number of nitrogens with one attached hydrogen (secondary N) is 3. The number of anilines is 2. The maximum atomic E-state index is 14.0. The molecule has 5 aromatic rings. The van der Waals surface area contributed by atoms with Crippen LogP contribution in [0.15, 0.2) is 101 Å². The van der Waals surface area contributed by atoms with E-state index in [1.165, 1.54) is 29.0 Å². The van der Waals surface area contributed by atoms with Gasteiger partial charge in [0.2, 0.25) is 0 Å². The van der Waals surface area contributed by atoms with Gasteiger partial charge in [0.25, 0.3) is 25.8 Å². The molecule has 1 aliphatic carbocycles. The molecule has 2 fully saturated rings. The average molecular weight is 1010 g/mol. The molecule has 0 spiro atoms. The number of halogens is 4. The molecule has 3 aromatic carbocycles. The van der Waals surface area contributed by atoms with E-state index < -0.39 is 46.8 Å². The normalized spacial score (nSPS) is 19.0. The van der Waals surface area contributed by atoms with Crippen LogP contribution in [0, 0.1) is 11.3 Å². The molecule has 8 rings (SSSR count). The molecular weight excluding hydrogens is 955 g/mol. The number of allylic oxidation sites excluding steroid dienone is 1. The van der Waals surface area contributed by atoms with E-state index in [-0.39, 0.29) is 29.0 Å². The Bertz CT molecular complexity index is 2920. The predicted octanol–water partition coefficient (Wildman–Crippen LogP) is 8.98. The van der Waals surface area contributed by atoms with Crippen LogP contribution >= 0.6 is 11.6 Å². The van der Waals surface area contributed by atoms with Crippen LogP contribution in [0.2, 0.25) is 5.02 Å². The molecular formula is C49H57ClF3N7O7S2. The SMILES string of the molecule is CC(C)[C@@]1(C)CCC(c2ccc(Cl)cc2)=C(CN2CCN(c3ccc(C(=O)NS(=O)(=O)c4ccc(NCCCN5CCOCC5)c(S(=O)(=O)C(F)(F)F)c4)c(Oc4cnc5[nH]ccc5c4)c3)CC2)C1. The lowest BCUT2D eigenvalue weighted by atomic mass is 9.66. The van der Waals surface area contributed by atoms with Gasteiger partial charge in [0, 0.05) is 80.7 Å². The molecule has 0 saturated carbocycles. The van der Waals surface area contributed by atoms with Crippen molar-refractivity contribution in [3.63, 3.8) is 0 Å². The Labute approximate surface area is 406 Å². The number of aromatic amines is 1. The second-order valence-electron chi connectivity index (χ2n) is 18.5. The van der Waals surface area contributed by atoms with E-state index in [0.717, 1.165) is 51.0 Å². The van der Waals surface area contributed by atoms with Crippen LogP contribution in [-0.4, -0.2) is 120 Å². The van der Waals surface area contributed by atoms with Crippen LogP contribution in [-0.2, 0) is 24.6 Å². The van der Waals surface area contributed by atoms with Gasteiger partial charge in [-0.1, -0.05) is 50.1 Å². The van der Waals surface area contributed by atoms with Gasteiger partial charge in [0.05, 0.1) is 35.6 Å². The molecule has 3 aliphatic rings. The number of hydrogen-bond acceptors (Lipinski definition) is 12. The minimum atomic E-state index is -6.04. The fourth-order valence-electron chi connectivity index (χ4n) is 9.18. The average Bonchev–Trinajstić information content (AvgIpc) is 3.79. The van der Waals surface area contributed by atoms with Gasteiger partial charge in [-0.3, -0.25) is 14.6 Å². The van der Waals surface area contributed by atoms with Crippen LogP contribution in [0.25, 0.3) is 16.6 Å². The van der Waals surface area contributed by atoms with E-state index in [1.54, 1.807) is 30.5 Å². The molecule has 4 heterocycles. The summed E-state index contributed by atoms with van der Waals surface area (Å²) >= 11 is 6.26. The highest BCUT2D eigenvalue weighted by molar-refractivity contribution is 7.92. The summed E-state index contributed by atoms with van der Waals surface area (Å²) in [4.78, 5) is 26.0. The topological polar surface area (TPSA) is 166 Å². The Balaban J connectivity index is 1.02. The number of fused-ring (bicyclic) bond motifs is 1. The molecule has 14 nitrogen and oxygen atoms in total. The Morgan fingerprint density at radius 1 is 0.942 bits per heavy atom. The number of hydrogen-bond donors (Lipinski definition) is 3. The number of ether oxygens (including phenoxy) is 2. The van der Waals surface area contributed by atoms with Crippen LogP contribution < -0.4 is 19.7 Å². The number of piperazine rings is 1. The van der Waals surface area contributed by atoms with E-state index in [0.29, 0.717) is 86.1 Å². The summed E-state index contributed by atoms with van der Waals surface area (Å²) in [6.07, 6.45) is 6.71. The van der Waals surface area contributed by atoms with Crippen molar-refractivity contribution in [2.45, 2.75) is 61.8 Å². The van der Waals surface area contributed by atoms with E-state index in [9.17, 15) is 34.8 Å². The van der Waals surface area contributed by atoms with Crippen LogP contribution in [0.5, 0.6) is 11.5 Å². The first kappa shape index (κ1) is 50.2. The first-order valence-corrected chi connectivity index (χ1v) is 26.4. The van der Waals surface area contributed by atoms with Gasteiger partial charge in [-0.25, -0.2) is 26.5 Å². The predicted molar refractivity (Wildman–Crippen MR) is 261 cm³/mol. The quantitative estimate of drug-likeness (QED) is 0.0805. The molecule has 370 valence electrons. The largest absolute Gasteiger partial charge is 0.501 e. The van der Waals surface area contributed by atoms with Crippen LogP contribution in [0.4, 0.5) is 24.5 Å². The standard InChI is InChI=1S/C49H57ClF3N7O7S2/c1-33(2)48(3)15-13-41(34-5-7-37(50)8-6-34)36(30-48)32-59-19-21-60(22-20-59)38-9-11-42(44(28-38)67-39-27-35-14-17-55-46(35)56-31-39)47(61)57-69(64,65)40-10-12-43(45(29-40)68(62,63)49(51,52)53)54-16-4-18-58-23-25-66-26-24-58/h5-12,14,17,27-29,31,33,54H,4,13,15-16,18-26,30,32H2,1-3H3,(H,55,56)(H,57,61)/t48-/m0/s1. The number of rotatable bonds is 16. The molecule has 69 heavy (non-hydrogen) atoms. The fourth-order valence-corrected chi connectivity index (χ4v) is 11.3. The van der Waals surface area contributed by atoms with E-state index >= 15 is 0 Å². The Morgan fingerprint density at radius 3 is 2.39 bits per heavy atom. The van der Waals surface area contributed by atoms with Crippen LogP contribution in [0.1, 0.15) is 62.4 Å². The lowest BCUT2D eigenvalue weighted by Gasteiger charge is -2.42. The summed E-state index contributed by atoms with van der Waals surface area (Å²) in [7, 11) is -11.0. The summed E-state index contributed by atoms with van der Waals surface area (Å²) < 4.78 is 109. The van der Waals surface area contributed by atoms with Gasteiger partial charge in [-0.2, -0.15) is 13.2 Å². The van der Waals surface area contributed by atoms with Crippen LogP contribution in [0.3, 0.4) is 0 Å². The number of pyridine rings is 1. The molecule has 1 atom stereocenters. The van der Waals surface area contributed by atoms with Crippen molar-refractivity contribution >= 4 is 65.3 Å². The minimum Gasteiger partial charge on any atom is -0.455 e. The summed E-state index contributed by atoms with van der Waals surface area (Å²) in [6, 6.07) is 18.6. The van der Waals surface area contributed by atoms with Gasteiger partial charge in [-0.05, 0) is 109 Å². The molecule has 0 unspecified atom stereocenters. The molecule has 1 amide bonds. The van der Waals surface area contributed by atoms with E-state index in [1.807, 2.05) is 16.9 Å². The lowest BCUT2D eigenvalue weighted by molar-refractivity contribution is -0.0435. The number of alkyl halides is 3. The highest BCUT2D eigenvalue weighted by Crippen LogP contribution is 2.47. The second-order valence-corrected chi connectivity index (χ2v) is 22.5. The van der Waals surface area contributed by atoms with Gasteiger partial charge < -0.3 is 24.7 Å². The van der Waals surface area contributed by atoms with Crippen molar-refractivity contribution in [3.8, 4) is 11.5 Å². The Kier molecular flexibility index (Phi) is 15.0. The minimum absolute atomic E-state index is 0.00998. The number of H-pyrrole nitrogens is 1. The zero-order valence-corrected chi connectivity index (χ0v) is 41.1. The zero-order chi connectivity index (χ0) is 49.1. The van der Waals surface area contributed by atoms with Gasteiger partial charge >= 0.3 is 5.51 Å². The smallest absolute Gasteiger partial charge is 0.455 e. The molecule has 0 radical (unpaired) electrons. The summed E-state index contributed by atoms with van der Waals surface area (Å²) in [5.41, 5.74) is -0.882. The van der Waals surface area contributed by atoms with Crippen molar-refractivity contribution in [2.24, 2.45) is 11.3 Å². The molecule has 2 aromatic heterocycles. The fraction of sp³-hybridized carbons (Fsp3) is 0.429. The number of morpholine rings is 1. The van der Waals surface area contributed by atoms with Crippen molar-refractivity contribution in [2.75, 3.05) is 82.3 Å². The van der Waals surface area contributed by atoms with E-state index in [2.05, 4.69) is 62.9 Å². The third kappa shape index (κ3) is 11.6. The second kappa shape index (κ2) is 20.7. The summed E-state index contributed by atoms with van der Waals surface area (Å²) in [6.45, 7) is 13.7. The molecule has 3 N–H and O–H groups in total. The number of amides is 1. The first-order chi connectivity index (χ1) is 32.8. The highest BCUT2D eigenvalue weighted by atomic mass is 35.5. The maximum absolute atomic E-state index is 14.0. The number of benzene rings is 3. The first-order valence-electron chi connectivity index (χ1n) is 23.1. The number of nitrogens with zero attached hydrogens (tertiary/aromatic N) is 4. The molecule has 2 aliphatic heterocycles. The Morgan fingerprint density at radius 2 is 1.68 bits per heavy atom. The monoisotopic (exact) mass is 1010 g/mol. The maximum Gasteiger partial charge on any atom is 0.501 e. The van der Waals surface area contributed by atoms with Crippen molar-refractivity contribution in [1.29, 1.82) is 0 Å². The van der Waals surface area contributed by atoms with Gasteiger partial charge in [0.1, 0.15) is 22.0 Å². The number of sulfonamides is 1. The van der Waals surface area contributed by atoms with Crippen molar-refractivity contribution in [1.82, 2.24) is 24.5 Å². The highest BCUT2D eigenvalue weighted by Gasteiger charge is 2.48. The number of sulfone groups is 1. The van der Waals surface area contributed by atoms with Crippen molar-refractivity contribution < 1.29 is 44.3 Å². The number of carbonyl (C=O) groups is 1. The van der Waals surface area contributed by atoms with Crippen molar-refractivity contribution in [3.05, 3.63) is 107 Å². The Hall–Kier alpha value is -5.18. The van der Waals surface area contributed by atoms with Gasteiger partial charge in [0.15, 0.2) is 0 Å². The molecule has 20 heteroatoms. The molecule has 0 bridgehead atoms. The summed E-state index contributed by atoms with van der Waals surface area (Å²) in [5.74, 6) is -0.400. The third-order valence-corrected chi connectivity index (χ3v) is 16.8. The van der Waals surface area contributed by atoms with E-state index in [4.69, 9.17) is 21.1 Å². The zero-order valence-electron chi connectivity index (χ0n) is 38.7.